The Morgan fingerprint density at radius 2 is 1.93 bits per heavy atom. The van der Waals surface area contributed by atoms with E-state index in [1.807, 2.05) is 13.8 Å². The molecule has 0 saturated heterocycles. The normalized spacial score (nSPS) is 11.5. The van der Waals surface area contributed by atoms with Gasteiger partial charge in [-0.25, -0.2) is 22.9 Å². The molecular weight excluding hydrogens is 400 g/mol. The first-order valence-corrected chi connectivity index (χ1v) is 11.4. The van der Waals surface area contributed by atoms with Crippen molar-refractivity contribution in [3.63, 3.8) is 0 Å². The molecule has 0 bridgehead atoms. The molecule has 8 nitrogen and oxygen atoms in total. The van der Waals surface area contributed by atoms with Gasteiger partial charge in [-0.15, -0.1) is 16.4 Å². The van der Waals surface area contributed by atoms with Gasteiger partial charge in [-0.05, 0) is 25.5 Å². The number of aryl methyl sites for hydroxylation is 1. The molecule has 0 radical (unpaired) electrons. The third-order valence-corrected chi connectivity index (χ3v) is 6.17. The summed E-state index contributed by atoms with van der Waals surface area (Å²) in [6, 6.07) is 6.52. The maximum Gasteiger partial charge on any atom is 0.361 e. The molecule has 1 aromatic carbocycles. The van der Waals surface area contributed by atoms with Gasteiger partial charge in [-0.3, -0.25) is 0 Å². The molecule has 0 aliphatic heterocycles. The second-order valence-corrected chi connectivity index (χ2v) is 8.94. The molecule has 0 aliphatic carbocycles. The zero-order valence-electron chi connectivity index (χ0n) is 15.7. The zero-order chi connectivity index (χ0) is 20.3. The fraction of sp³-hybridized carbons (Fsp3) is 0.333. The fourth-order valence-corrected chi connectivity index (χ4v) is 4.09. The number of carbonyl (C=O) groups is 1. The topological polar surface area (TPSA) is 104 Å². The Balaban J connectivity index is 1.68. The van der Waals surface area contributed by atoms with Gasteiger partial charge >= 0.3 is 5.97 Å². The van der Waals surface area contributed by atoms with Gasteiger partial charge in [0, 0.05) is 23.7 Å². The second kappa shape index (κ2) is 8.19. The van der Waals surface area contributed by atoms with Gasteiger partial charge < -0.3 is 4.74 Å². The predicted octanol–water partition coefficient (Wildman–Crippen LogP) is 2.74. The molecule has 0 amide bonds. The number of benzene rings is 1. The van der Waals surface area contributed by atoms with Crippen molar-refractivity contribution in [3.8, 4) is 10.6 Å². The van der Waals surface area contributed by atoms with Gasteiger partial charge in [-0.1, -0.05) is 24.3 Å². The highest BCUT2D eigenvalue weighted by molar-refractivity contribution is 7.90. The third-order valence-electron chi connectivity index (χ3n) is 4.10. The highest BCUT2D eigenvalue weighted by Crippen LogP contribution is 2.25. The van der Waals surface area contributed by atoms with Gasteiger partial charge in [-0.2, -0.15) is 0 Å². The summed E-state index contributed by atoms with van der Waals surface area (Å²) >= 11 is 1.39. The average Bonchev–Trinajstić information content (AvgIpc) is 3.32. The van der Waals surface area contributed by atoms with Crippen LogP contribution < -0.4 is 0 Å². The minimum Gasteiger partial charge on any atom is -0.454 e. The van der Waals surface area contributed by atoms with E-state index in [-0.39, 0.29) is 17.2 Å². The van der Waals surface area contributed by atoms with Crippen LogP contribution in [0.3, 0.4) is 0 Å². The lowest BCUT2D eigenvalue weighted by molar-refractivity contribution is 0.0460. The van der Waals surface area contributed by atoms with Gasteiger partial charge in [0.25, 0.3) is 0 Å². The Morgan fingerprint density at radius 3 is 2.54 bits per heavy atom. The summed E-state index contributed by atoms with van der Waals surface area (Å²) in [5.41, 5.74) is 2.39. The monoisotopic (exact) mass is 420 g/mol. The number of hydrogen-bond acceptors (Lipinski definition) is 8. The SMILES string of the molecule is CCc1c(C(=O)OCc2csc(-c3ccc(S(C)(=O)=O)cc3)n2)nnn1CC. The van der Waals surface area contributed by atoms with Crippen LogP contribution in [0.2, 0.25) is 0 Å². The van der Waals surface area contributed by atoms with E-state index < -0.39 is 15.8 Å². The molecule has 2 aromatic heterocycles. The van der Waals surface area contributed by atoms with E-state index in [0.717, 1.165) is 16.3 Å². The quantitative estimate of drug-likeness (QED) is 0.541. The molecule has 0 atom stereocenters. The highest BCUT2D eigenvalue weighted by atomic mass is 32.2. The fourth-order valence-electron chi connectivity index (χ4n) is 2.65. The zero-order valence-corrected chi connectivity index (χ0v) is 17.4. The number of esters is 1. The van der Waals surface area contributed by atoms with E-state index in [4.69, 9.17) is 4.74 Å². The molecule has 3 rings (SSSR count). The van der Waals surface area contributed by atoms with Gasteiger partial charge in [0.1, 0.15) is 11.6 Å². The van der Waals surface area contributed by atoms with Gasteiger partial charge in [0.15, 0.2) is 15.5 Å². The van der Waals surface area contributed by atoms with Crippen LogP contribution in [0.1, 0.15) is 35.7 Å². The number of aromatic nitrogens is 4. The average molecular weight is 421 g/mol. The summed E-state index contributed by atoms with van der Waals surface area (Å²) in [4.78, 5) is 17.0. The molecule has 3 aromatic rings. The van der Waals surface area contributed by atoms with Gasteiger partial charge in [0.05, 0.1) is 16.3 Å². The summed E-state index contributed by atoms with van der Waals surface area (Å²) in [5, 5.41) is 10.4. The van der Waals surface area contributed by atoms with Crippen LogP contribution in [0.15, 0.2) is 34.5 Å². The molecule has 0 aliphatic rings. The van der Waals surface area contributed by atoms with Crippen molar-refractivity contribution in [2.24, 2.45) is 0 Å². The van der Waals surface area contributed by atoms with E-state index in [2.05, 4.69) is 15.3 Å². The van der Waals surface area contributed by atoms with E-state index in [1.165, 1.54) is 17.6 Å². The van der Waals surface area contributed by atoms with Crippen molar-refractivity contribution in [2.45, 2.75) is 38.3 Å². The van der Waals surface area contributed by atoms with E-state index in [1.54, 1.807) is 34.3 Å². The van der Waals surface area contributed by atoms with Gasteiger partial charge in [0.2, 0.25) is 0 Å². The van der Waals surface area contributed by atoms with Crippen LogP contribution in [-0.2, 0) is 34.1 Å². The number of nitrogens with zero attached hydrogens (tertiary/aromatic N) is 4. The van der Waals surface area contributed by atoms with Crippen molar-refractivity contribution in [1.82, 2.24) is 20.0 Å². The summed E-state index contributed by atoms with van der Waals surface area (Å²) < 4.78 is 30.1. The van der Waals surface area contributed by atoms with Crippen molar-refractivity contribution in [2.75, 3.05) is 6.26 Å². The number of rotatable bonds is 7. The maximum absolute atomic E-state index is 12.3. The van der Waals surface area contributed by atoms with Crippen LogP contribution in [0, 0.1) is 0 Å². The van der Waals surface area contributed by atoms with Crippen LogP contribution in [0.25, 0.3) is 10.6 Å². The lowest BCUT2D eigenvalue weighted by Crippen LogP contribution is -2.10. The molecule has 0 spiro atoms. The predicted molar refractivity (Wildman–Crippen MR) is 105 cm³/mol. The van der Waals surface area contributed by atoms with Crippen LogP contribution >= 0.6 is 11.3 Å². The lowest BCUT2D eigenvalue weighted by atomic mass is 10.2. The second-order valence-electron chi connectivity index (χ2n) is 6.07. The van der Waals surface area contributed by atoms with Crippen LogP contribution in [-0.4, -0.2) is 40.6 Å². The minimum atomic E-state index is -3.23. The van der Waals surface area contributed by atoms with Crippen molar-refractivity contribution < 1.29 is 17.9 Å². The molecule has 0 unspecified atom stereocenters. The molecular formula is C18H20N4O4S2. The summed E-state index contributed by atoms with van der Waals surface area (Å²) in [6.45, 7) is 4.53. The van der Waals surface area contributed by atoms with Crippen molar-refractivity contribution in [1.29, 1.82) is 0 Å². The molecule has 148 valence electrons. The smallest absolute Gasteiger partial charge is 0.361 e. The Labute approximate surface area is 167 Å². The molecule has 28 heavy (non-hydrogen) atoms. The molecule has 0 saturated carbocycles. The Bertz CT molecular complexity index is 1090. The number of thiazole rings is 1. The van der Waals surface area contributed by atoms with E-state index in [0.29, 0.717) is 18.7 Å². The Kier molecular flexibility index (Phi) is 5.90. The lowest BCUT2D eigenvalue weighted by Gasteiger charge is -2.03. The van der Waals surface area contributed by atoms with Crippen LogP contribution in [0.5, 0.6) is 0 Å². The third kappa shape index (κ3) is 4.28. The number of hydrogen-bond donors (Lipinski definition) is 0. The first-order chi connectivity index (χ1) is 13.3. The Morgan fingerprint density at radius 1 is 1.21 bits per heavy atom. The van der Waals surface area contributed by atoms with E-state index >= 15 is 0 Å². The summed E-state index contributed by atoms with van der Waals surface area (Å²) in [5.74, 6) is -0.524. The van der Waals surface area contributed by atoms with Crippen LogP contribution in [0.4, 0.5) is 0 Å². The first-order valence-electron chi connectivity index (χ1n) is 8.67. The number of ether oxygens (including phenoxy) is 1. The van der Waals surface area contributed by atoms with Crippen molar-refractivity contribution >= 4 is 27.1 Å². The maximum atomic E-state index is 12.3. The molecule has 10 heteroatoms. The Hall–Kier alpha value is -2.59. The molecule has 0 N–H and O–H groups in total. The van der Waals surface area contributed by atoms with E-state index in [9.17, 15) is 13.2 Å². The standard InChI is InChI=1S/C18H20N4O4S2/c1-4-15-16(20-21-22(15)5-2)18(23)26-10-13-11-27-17(19-13)12-6-8-14(9-7-12)28(3,24)25/h6-9,11H,4-5,10H2,1-3H3. The molecule has 2 heterocycles. The first kappa shape index (κ1) is 20.2. The number of carbonyl (C=O) groups excluding carboxylic acids is 1. The largest absolute Gasteiger partial charge is 0.454 e. The highest BCUT2D eigenvalue weighted by Gasteiger charge is 2.19. The molecule has 0 fully saturated rings. The summed E-state index contributed by atoms with van der Waals surface area (Å²) in [6.07, 6.45) is 1.80. The van der Waals surface area contributed by atoms with Crippen molar-refractivity contribution in [3.05, 3.63) is 46.7 Å². The minimum absolute atomic E-state index is 0.0267. The number of sulfone groups is 1. The summed E-state index contributed by atoms with van der Waals surface area (Å²) in [7, 11) is -3.23.